The maximum Gasteiger partial charge on any atom is 0.407 e. The highest BCUT2D eigenvalue weighted by molar-refractivity contribution is 5.67. The molecule has 1 aliphatic rings. The van der Waals surface area contributed by atoms with Gasteiger partial charge in [-0.3, -0.25) is 0 Å². The number of likely N-dealkylation sites (tertiary alicyclic amines) is 1. The Hall–Kier alpha value is -2.40. The quantitative estimate of drug-likeness (QED) is 0.924. The van der Waals surface area contributed by atoms with E-state index in [2.05, 4.69) is 10.2 Å². The number of amides is 1. The first-order valence-corrected chi connectivity index (χ1v) is 8.51. The lowest BCUT2D eigenvalue weighted by Gasteiger charge is -2.36. The summed E-state index contributed by atoms with van der Waals surface area (Å²) < 4.78 is 18.4. The van der Waals surface area contributed by atoms with Crippen LogP contribution >= 0.6 is 0 Å². The lowest BCUT2D eigenvalue weighted by atomic mass is 9.88. The smallest absolute Gasteiger partial charge is 0.407 e. The number of rotatable bonds is 4. The summed E-state index contributed by atoms with van der Waals surface area (Å²) in [5.74, 6) is 0.0332. The van der Waals surface area contributed by atoms with Crippen molar-refractivity contribution in [3.63, 3.8) is 0 Å². The lowest BCUT2D eigenvalue weighted by Crippen LogP contribution is -2.48. The van der Waals surface area contributed by atoms with Gasteiger partial charge in [0.15, 0.2) is 0 Å². The van der Waals surface area contributed by atoms with Crippen molar-refractivity contribution in [2.45, 2.75) is 25.0 Å². The highest BCUT2D eigenvalue weighted by Gasteiger charge is 2.27. The first-order valence-electron chi connectivity index (χ1n) is 8.51. The number of hydrogen-bond acceptors (Lipinski definition) is 3. The van der Waals surface area contributed by atoms with E-state index in [-0.39, 0.29) is 24.4 Å². The van der Waals surface area contributed by atoms with Crippen LogP contribution in [0.4, 0.5) is 9.18 Å². The van der Waals surface area contributed by atoms with E-state index in [1.807, 2.05) is 49.5 Å². The van der Waals surface area contributed by atoms with Crippen LogP contribution in [0, 0.1) is 5.82 Å². The summed E-state index contributed by atoms with van der Waals surface area (Å²) in [5.41, 5.74) is 2.06. The van der Waals surface area contributed by atoms with Crippen LogP contribution in [0.1, 0.15) is 23.5 Å². The Bertz CT molecular complexity index is 691. The van der Waals surface area contributed by atoms with Crippen LogP contribution in [0.5, 0.6) is 0 Å². The van der Waals surface area contributed by atoms with Gasteiger partial charge >= 0.3 is 6.09 Å². The number of benzene rings is 2. The molecule has 2 atom stereocenters. The van der Waals surface area contributed by atoms with Crippen molar-refractivity contribution in [1.82, 2.24) is 10.2 Å². The Morgan fingerprint density at radius 3 is 2.60 bits per heavy atom. The minimum Gasteiger partial charge on any atom is -0.445 e. The summed E-state index contributed by atoms with van der Waals surface area (Å²) in [6.07, 6.45) is 0.415. The standard InChI is InChI=1S/C20H23FN2O2/c1-23-12-17(16-7-9-18(21)10-8-16)11-19(13-23)22-20(24)25-14-15-5-3-2-4-6-15/h2-10,17,19H,11-14H2,1H3,(H,22,24). The van der Waals surface area contributed by atoms with E-state index in [4.69, 9.17) is 4.74 Å². The predicted octanol–water partition coefficient (Wildman–Crippen LogP) is 3.54. The minimum atomic E-state index is -0.401. The second-order valence-corrected chi connectivity index (χ2v) is 6.61. The van der Waals surface area contributed by atoms with E-state index in [1.54, 1.807) is 0 Å². The summed E-state index contributed by atoms with van der Waals surface area (Å²) in [4.78, 5) is 14.3. The molecule has 1 heterocycles. The van der Waals surface area contributed by atoms with Gasteiger partial charge in [0, 0.05) is 19.1 Å². The minimum absolute atomic E-state index is 0.0112. The van der Waals surface area contributed by atoms with Crippen LogP contribution in [0.15, 0.2) is 54.6 Å². The highest BCUT2D eigenvalue weighted by atomic mass is 19.1. The third-order valence-electron chi connectivity index (χ3n) is 4.51. The summed E-state index contributed by atoms with van der Waals surface area (Å²) >= 11 is 0. The van der Waals surface area contributed by atoms with Crippen molar-refractivity contribution in [3.05, 3.63) is 71.5 Å². The molecule has 1 amide bonds. The van der Waals surface area contributed by atoms with Gasteiger partial charge in [-0.2, -0.15) is 0 Å². The van der Waals surface area contributed by atoms with Crippen LogP contribution in [-0.2, 0) is 11.3 Å². The largest absolute Gasteiger partial charge is 0.445 e. The molecule has 0 aromatic heterocycles. The molecule has 0 aliphatic carbocycles. The molecule has 3 rings (SSSR count). The van der Waals surface area contributed by atoms with E-state index in [9.17, 15) is 9.18 Å². The van der Waals surface area contributed by atoms with E-state index >= 15 is 0 Å². The summed E-state index contributed by atoms with van der Waals surface area (Å²) in [6, 6.07) is 16.2. The number of carbonyl (C=O) groups excluding carboxylic acids is 1. The maximum absolute atomic E-state index is 13.1. The molecule has 0 radical (unpaired) electrons. The molecule has 1 N–H and O–H groups in total. The maximum atomic E-state index is 13.1. The topological polar surface area (TPSA) is 41.6 Å². The molecule has 2 aromatic rings. The average Bonchev–Trinajstić information content (AvgIpc) is 2.61. The monoisotopic (exact) mass is 342 g/mol. The van der Waals surface area contributed by atoms with Crippen LogP contribution in [0.3, 0.4) is 0 Å². The van der Waals surface area contributed by atoms with Gasteiger partial charge in [0.25, 0.3) is 0 Å². The molecule has 2 unspecified atom stereocenters. The van der Waals surface area contributed by atoms with Crippen molar-refractivity contribution in [2.75, 3.05) is 20.1 Å². The SMILES string of the molecule is CN1CC(NC(=O)OCc2ccccc2)CC(c2ccc(F)cc2)C1. The van der Waals surface area contributed by atoms with Gasteiger partial charge in [-0.05, 0) is 42.6 Å². The fraction of sp³-hybridized carbons (Fsp3) is 0.350. The zero-order chi connectivity index (χ0) is 17.6. The van der Waals surface area contributed by atoms with Crippen LogP contribution in [0.25, 0.3) is 0 Å². The molecule has 0 saturated carbocycles. The van der Waals surface area contributed by atoms with Gasteiger partial charge in [0.05, 0.1) is 0 Å². The number of nitrogens with one attached hydrogen (secondary N) is 1. The van der Waals surface area contributed by atoms with E-state index in [1.165, 1.54) is 12.1 Å². The first-order chi connectivity index (χ1) is 12.1. The molecular formula is C20H23FN2O2. The second-order valence-electron chi connectivity index (χ2n) is 6.61. The van der Waals surface area contributed by atoms with Gasteiger partial charge < -0.3 is 15.0 Å². The van der Waals surface area contributed by atoms with Gasteiger partial charge in [-0.25, -0.2) is 9.18 Å². The molecule has 4 nitrogen and oxygen atoms in total. The van der Waals surface area contributed by atoms with Crippen LogP contribution < -0.4 is 5.32 Å². The fourth-order valence-corrected chi connectivity index (χ4v) is 3.33. The normalized spacial score (nSPS) is 20.9. The summed E-state index contributed by atoms with van der Waals surface area (Å²) in [7, 11) is 2.03. The van der Waals surface area contributed by atoms with Crippen molar-refractivity contribution in [2.24, 2.45) is 0 Å². The zero-order valence-corrected chi connectivity index (χ0v) is 14.3. The second kappa shape index (κ2) is 8.12. The Kier molecular flexibility index (Phi) is 5.66. The number of halogens is 1. The number of carbonyl (C=O) groups is 1. The molecule has 5 heteroatoms. The van der Waals surface area contributed by atoms with Gasteiger partial charge in [-0.15, -0.1) is 0 Å². The molecule has 1 fully saturated rings. The molecular weight excluding hydrogens is 319 g/mol. The number of hydrogen-bond donors (Lipinski definition) is 1. The van der Waals surface area contributed by atoms with E-state index < -0.39 is 6.09 Å². The van der Waals surface area contributed by atoms with Crippen molar-refractivity contribution in [1.29, 1.82) is 0 Å². The fourth-order valence-electron chi connectivity index (χ4n) is 3.33. The molecule has 132 valence electrons. The highest BCUT2D eigenvalue weighted by Crippen LogP contribution is 2.26. The average molecular weight is 342 g/mol. The number of alkyl carbamates (subject to hydrolysis) is 1. The number of piperidine rings is 1. The third kappa shape index (κ3) is 5.03. The lowest BCUT2D eigenvalue weighted by molar-refractivity contribution is 0.125. The Morgan fingerprint density at radius 1 is 1.16 bits per heavy atom. The number of nitrogens with zero attached hydrogens (tertiary/aromatic N) is 1. The number of likely N-dealkylation sites (N-methyl/N-ethyl adjacent to an activating group) is 1. The Morgan fingerprint density at radius 2 is 1.88 bits per heavy atom. The van der Waals surface area contributed by atoms with Crippen LogP contribution in [-0.4, -0.2) is 37.2 Å². The van der Waals surface area contributed by atoms with Crippen molar-refractivity contribution >= 4 is 6.09 Å². The Labute approximate surface area is 147 Å². The first kappa shape index (κ1) is 17.4. The van der Waals surface area contributed by atoms with Crippen molar-refractivity contribution < 1.29 is 13.9 Å². The van der Waals surface area contributed by atoms with E-state index in [0.717, 1.165) is 30.6 Å². The third-order valence-corrected chi connectivity index (χ3v) is 4.51. The van der Waals surface area contributed by atoms with Crippen molar-refractivity contribution in [3.8, 4) is 0 Å². The summed E-state index contributed by atoms with van der Waals surface area (Å²) in [5, 5.41) is 2.95. The van der Waals surface area contributed by atoms with Gasteiger partial charge in [0.1, 0.15) is 12.4 Å². The molecule has 25 heavy (non-hydrogen) atoms. The molecule has 0 spiro atoms. The van der Waals surface area contributed by atoms with E-state index in [0.29, 0.717) is 0 Å². The zero-order valence-electron chi connectivity index (χ0n) is 14.3. The molecule has 1 saturated heterocycles. The molecule has 1 aliphatic heterocycles. The molecule has 2 aromatic carbocycles. The van der Waals surface area contributed by atoms with Gasteiger partial charge in [0.2, 0.25) is 0 Å². The number of ether oxygens (including phenoxy) is 1. The van der Waals surface area contributed by atoms with Crippen LogP contribution in [0.2, 0.25) is 0 Å². The van der Waals surface area contributed by atoms with Gasteiger partial charge in [-0.1, -0.05) is 42.5 Å². The Balaban J connectivity index is 1.54. The molecule has 0 bridgehead atoms. The summed E-state index contributed by atoms with van der Waals surface area (Å²) in [6.45, 7) is 1.93. The predicted molar refractivity (Wildman–Crippen MR) is 94.8 cm³/mol.